The van der Waals surface area contributed by atoms with E-state index in [1.165, 1.54) is 20.3 Å². The van der Waals surface area contributed by atoms with Crippen LogP contribution in [-0.2, 0) is 48.6 Å². The van der Waals surface area contributed by atoms with Gasteiger partial charge in [0, 0.05) is 19.4 Å². The van der Waals surface area contributed by atoms with E-state index in [1.807, 2.05) is 0 Å². The van der Waals surface area contributed by atoms with Gasteiger partial charge in [0.2, 0.25) is 0 Å². The minimum absolute atomic E-state index is 0.273. The van der Waals surface area contributed by atoms with Crippen LogP contribution in [-0.4, -0.2) is 94.6 Å². The topological polar surface area (TPSA) is 176 Å². The first-order valence-electron chi connectivity index (χ1n) is 13.3. The number of alkyl halides is 6. The molecule has 3 rings (SSSR count). The van der Waals surface area contributed by atoms with Gasteiger partial charge in [-0.3, -0.25) is 0 Å². The van der Waals surface area contributed by atoms with Crippen LogP contribution in [0.5, 0.6) is 0 Å². The smallest absolute Gasteiger partial charge is 0.467 e. The molecule has 0 bridgehead atoms. The van der Waals surface area contributed by atoms with Crippen LogP contribution in [0.15, 0.2) is 31.0 Å². The van der Waals surface area contributed by atoms with Gasteiger partial charge in [0.1, 0.15) is 0 Å². The van der Waals surface area contributed by atoms with Gasteiger partial charge in [0.05, 0.1) is 25.3 Å². The molecular weight excluding hydrogens is 718 g/mol. The summed E-state index contributed by atoms with van der Waals surface area (Å²) in [6.07, 6.45) is 6.24. The number of hydrogen-bond donors (Lipinski definition) is 1. The number of ether oxygens (including phenoxy) is 4. The molecule has 270 valence electrons. The Kier molecular flexibility index (Phi) is 14.9. The SMILES string of the molecule is C=CC1(C(=O)OC)CCCCO1.COC(=O)C1(C(C)O)CCCCO1.O=S(=O)(N(c1ccc(Cl)cn1)S(=O)(=O)C(F)(F)F)C(F)(F)F. The van der Waals surface area contributed by atoms with Crippen LogP contribution >= 0.6 is 11.6 Å². The van der Waals surface area contributed by atoms with E-state index in [0.717, 1.165) is 25.7 Å². The fourth-order valence-electron chi connectivity index (χ4n) is 4.08. The summed E-state index contributed by atoms with van der Waals surface area (Å²) in [5.74, 6) is -2.45. The van der Waals surface area contributed by atoms with Crippen molar-refractivity contribution < 1.29 is 76.8 Å². The number of methoxy groups -OCH3 is 2. The van der Waals surface area contributed by atoms with Crippen LogP contribution in [0.25, 0.3) is 0 Å². The second-order valence-corrected chi connectivity index (χ2v) is 13.9. The Morgan fingerprint density at radius 3 is 1.77 bits per heavy atom. The Hall–Kier alpha value is -2.72. The van der Waals surface area contributed by atoms with Crippen LogP contribution in [0.3, 0.4) is 0 Å². The molecule has 1 aromatic heterocycles. The molecule has 0 aliphatic carbocycles. The van der Waals surface area contributed by atoms with Gasteiger partial charge < -0.3 is 24.1 Å². The van der Waals surface area contributed by atoms with E-state index < -0.39 is 63.9 Å². The van der Waals surface area contributed by atoms with Crippen LogP contribution < -0.4 is 3.71 Å². The van der Waals surface area contributed by atoms with Crippen molar-refractivity contribution in [3.05, 3.63) is 36.0 Å². The zero-order chi connectivity index (χ0) is 36.5. The van der Waals surface area contributed by atoms with Crippen molar-refractivity contribution in [2.45, 2.75) is 73.8 Å². The number of hydrogen-bond acceptors (Lipinski definition) is 12. The number of sulfonamides is 2. The third-order valence-electron chi connectivity index (χ3n) is 6.59. The van der Waals surface area contributed by atoms with Gasteiger partial charge in [0.25, 0.3) is 0 Å². The number of rotatable bonds is 7. The fourth-order valence-corrected chi connectivity index (χ4v) is 6.82. The van der Waals surface area contributed by atoms with Crippen LogP contribution in [0.2, 0.25) is 5.02 Å². The predicted molar refractivity (Wildman–Crippen MR) is 153 cm³/mol. The van der Waals surface area contributed by atoms with Gasteiger partial charge in [-0.1, -0.05) is 18.2 Å². The van der Waals surface area contributed by atoms with Crippen LogP contribution in [0.4, 0.5) is 32.2 Å². The Bertz CT molecular complexity index is 1380. The molecule has 2 saturated heterocycles. The average molecular weight is 751 g/mol. The summed E-state index contributed by atoms with van der Waals surface area (Å²) in [4.78, 5) is 25.6. The molecule has 3 heterocycles. The first-order valence-corrected chi connectivity index (χ1v) is 16.6. The number of esters is 2. The molecule has 22 heteroatoms. The normalized spacial score (nSPS) is 22.6. The Morgan fingerprint density at radius 2 is 1.45 bits per heavy atom. The maximum Gasteiger partial charge on any atom is 0.517 e. The van der Waals surface area contributed by atoms with E-state index in [9.17, 15) is 57.9 Å². The highest BCUT2D eigenvalue weighted by atomic mass is 35.5. The Labute approximate surface area is 271 Å². The molecule has 0 spiro atoms. The second kappa shape index (κ2) is 16.6. The van der Waals surface area contributed by atoms with Crippen molar-refractivity contribution in [2.75, 3.05) is 31.1 Å². The lowest BCUT2D eigenvalue weighted by Gasteiger charge is -2.36. The van der Waals surface area contributed by atoms with Gasteiger partial charge in [-0.2, -0.15) is 43.2 Å². The summed E-state index contributed by atoms with van der Waals surface area (Å²) in [6, 6.07) is 0.934. The minimum atomic E-state index is -6.93. The van der Waals surface area contributed by atoms with E-state index in [4.69, 9.17) is 21.1 Å². The molecule has 0 amide bonds. The summed E-state index contributed by atoms with van der Waals surface area (Å²) in [7, 11) is -11.2. The van der Waals surface area contributed by atoms with Crippen molar-refractivity contribution in [3.8, 4) is 0 Å². The van der Waals surface area contributed by atoms with Crippen molar-refractivity contribution in [1.29, 1.82) is 0 Å². The molecule has 0 saturated carbocycles. The van der Waals surface area contributed by atoms with E-state index in [2.05, 4.69) is 21.0 Å². The van der Waals surface area contributed by atoms with Gasteiger partial charge in [-0.05, 0) is 63.7 Å². The number of pyridine rings is 1. The Balaban J connectivity index is 0.000000377. The molecule has 13 nitrogen and oxygen atoms in total. The second-order valence-electron chi connectivity index (χ2n) is 9.69. The van der Waals surface area contributed by atoms with Crippen LogP contribution in [0.1, 0.15) is 45.4 Å². The van der Waals surface area contributed by atoms with Gasteiger partial charge in [-0.15, -0.1) is 3.71 Å². The number of halogens is 7. The number of aliphatic hydroxyl groups is 1. The predicted octanol–water partition coefficient (Wildman–Crippen LogP) is 4.00. The van der Waals surface area contributed by atoms with Gasteiger partial charge in [-0.25, -0.2) is 14.6 Å². The molecule has 2 aliphatic heterocycles. The summed E-state index contributed by atoms with van der Waals surface area (Å²) in [6.45, 7) is 6.28. The molecule has 1 aromatic rings. The van der Waals surface area contributed by atoms with Gasteiger partial charge >= 0.3 is 43.0 Å². The number of nitrogens with zero attached hydrogens (tertiary/aromatic N) is 2. The summed E-state index contributed by atoms with van der Waals surface area (Å²) in [5, 5.41) is 9.22. The van der Waals surface area contributed by atoms with E-state index in [1.54, 1.807) is 6.92 Å². The molecule has 1 N–H and O–H groups in total. The van der Waals surface area contributed by atoms with Gasteiger partial charge in [0.15, 0.2) is 17.0 Å². The van der Waals surface area contributed by atoms with Crippen molar-refractivity contribution in [2.24, 2.45) is 0 Å². The third kappa shape index (κ3) is 9.91. The molecule has 3 unspecified atom stereocenters. The summed E-state index contributed by atoms with van der Waals surface area (Å²) in [5.41, 5.74) is -14.6. The number of carbonyl (C=O) groups is 2. The van der Waals surface area contributed by atoms with Crippen LogP contribution in [0, 0.1) is 0 Å². The number of anilines is 1. The molecule has 0 radical (unpaired) electrons. The third-order valence-corrected chi connectivity index (χ3v) is 10.4. The standard InChI is InChI=1S/C9H16O4.C9H14O3.C7H3ClF6N2O4S2/c1-7(10)9(8(11)12-2)5-3-4-6-13-9;1-3-9(8(10)11-2)6-4-5-7-12-9;8-4-1-2-5(15-3-4)16(21(17,18)6(9,10)11)22(19,20)7(12,13)14/h7,10H,3-6H2,1-2H3;3H,1,4-7H2,2H3;1-3H. The summed E-state index contributed by atoms with van der Waals surface area (Å²) >= 11 is 5.30. The maximum absolute atomic E-state index is 12.5. The zero-order valence-corrected chi connectivity index (χ0v) is 27.5. The molecule has 47 heavy (non-hydrogen) atoms. The average Bonchev–Trinajstić information content (AvgIpc) is 3.01. The highest BCUT2D eigenvalue weighted by molar-refractivity contribution is 8.11. The monoisotopic (exact) mass is 750 g/mol. The molecule has 0 aromatic carbocycles. The highest BCUT2D eigenvalue weighted by Crippen LogP contribution is 2.38. The molecule has 2 fully saturated rings. The summed E-state index contributed by atoms with van der Waals surface area (Å²) < 4.78 is 138. The molecular formula is C25H33ClF6N2O11S2. The first-order chi connectivity index (χ1) is 21.5. The van der Waals surface area contributed by atoms with E-state index >= 15 is 0 Å². The Morgan fingerprint density at radius 1 is 0.957 bits per heavy atom. The first kappa shape index (κ1) is 42.3. The number of aromatic nitrogens is 1. The number of aliphatic hydroxyl groups excluding tert-OH is 1. The lowest BCUT2D eigenvalue weighted by Crippen LogP contribution is -2.53. The minimum Gasteiger partial charge on any atom is -0.467 e. The fraction of sp³-hybridized carbons (Fsp3) is 0.640. The quantitative estimate of drug-likeness (QED) is 0.241. The highest BCUT2D eigenvalue weighted by Gasteiger charge is 2.62. The molecule has 2 aliphatic rings. The maximum atomic E-state index is 12.5. The molecule has 3 atom stereocenters. The lowest BCUT2D eigenvalue weighted by molar-refractivity contribution is -0.193. The number of carbonyl (C=O) groups excluding carboxylic acids is 2. The lowest BCUT2D eigenvalue weighted by atomic mass is 9.89. The van der Waals surface area contributed by atoms with Crippen molar-refractivity contribution >= 4 is 49.4 Å². The van der Waals surface area contributed by atoms with E-state index in [-0.39, 0.29) is 17.1 Å². The van der Waals surface area contributed by atoms with Crippen molar-refractivity contribution in [3.63, 3.8) is 0 Å². The van der Waals surface area contributed by atoms with Crippen molar-refractivity contribution in [1.82, 2.24) is 4.98 Å². The zero-order valence-electron chi connectivity index (χ0n) is 25.1. The van der Waals surface area contributed by atoms with E-state index in [0.29, 0.717) is 38.3 Å². The largest absolute Gasteiger partial charge is 0.517 e.